The number of anilines is 1. The number of nitrogens with zero attached hydrogens (tertiary/aromatic N) is 1. The highest BCUT2D eigenvalue weighted by Crippen LogP contribution is 2.57. The van der Waals surface area contributed by atoms with Gasteiger partial charge in [-0.25, -0.2) is 0 Å². The van der Waals surface area contributed by atoms with E-state index in [0.29, 0.717) is 30.6 Å². The van der Waals surface area contributed by atoms with Crippen LogP contribution in [0.3, 0.4) is 0 Å². The molecule has 1 aromatic carbocycles. The van der Waals surface area contributed by atoms with Crippen molar-refractivity contribution >= 4 is 23.1 Å². The van der Waals surface area contributed by atoms with Crippen molar-refractivity contribution in [1.29, 1.82) is 0 Å². The topological polar surface area (TPSA) is 69.6 Å². The largest absolute Gasteiger partial charge is 0.366 e. The Hall–Kier alpha value is -2.14. The van der Waals surface area contributed by atoms with E-state index in [4.69, 9.17) is 0 Å². The summed E-state index contributed by atoms with van der Waals surface area (Å²) in [5.41, 5.74) is 0.212. The SMILES string of the molecule is CC[C@@]12CCCN3C(=O)C=C(c4ccccc4NC(=O)CC1)[C@@]32O. The first-order valence-electron chi connectivity index (χ1n) is 8.67. The molecule has 0 aromatic heterocycles. The first kappa shape index (κ1) is 15.4. The number of piperidine rings is 1. The quantitative estimate of drug-likeness (QED) is 0.833. The van der Waals surface area contributed by atoms with Crippen LogP contribution in [0.2, 0.25) is 0 Å². The van der Waals surface area contributed by atoms with Gasteiger partial charge >= 0.3 is 0 Å². The Morgan fingerprint density at radius 3 is 2.83 bits per heavy atom. The monoisotopic (exact) mass is 326 g/mol. The Morgan fingerprint density at radius 1 is 1.25 bits per heavy atom. The van der Waals surface area contributed by atoms with Crippen molar-refractivity contribution in [2.24, 2.45) is 5.41 Å². The van der Waals surface area contributed by atoms with Crippen molar-refractivity contribution in [1.82, 2.24) is 4.90 Å². The highest BCUT2D eigenvalue weighted by Gasteiger charge is 2.61. The highest BCUT2D eigenvalue weighted by molar-refractivity contribution is 6.06. The number of carbonyl (C=O) groups is 2. The van der Waals surface area contributed by atoms with E-state index >= 15 is 0 Å². The molecule has 5 nitrogen and oxygen atoms in total. The molecule has 1 fully saturated rings. The van der Waals surface area contributed by atoms with Crippen molar-refractivity contribution in [3.05, 3.63) is 35.9 Å². The Bertz CT molecular complexity index is 757. The normalized spacial score (nSPS) is 32.1. The lowest BCUT2D eigenvalue weighted by molar-refractivity contribution is -0.183. The summed E-state index contributed by atoms with van der Waals surface area (Å²) in [4.78, 5) is 26.6. The number of hydrogen-bond acceptors (Lipinski definition) is 3. The van der Waals surface area contributed by atoms with Gasteiger partial charge in [-0.2, -0.15) is 0 Å². The number of benzene rings is 1. The summed E-state index contributed by atoms with van der Waals surface area (Å²) in [5, 5.41) is 14.8. The first-order valence-corrected chi connectivity index (χ1v) is 8.67. The molecule has 0 saturated carbocycles. The number of aliphatic hydroxyl groups is 1. The molecule has 3 aliphatic rings. The lowest BCUT2D eigenvalue weighted by Gasteiger charge is -2.54. The summed E-state index contributed by atoms with van der Waals surface area (Å²) in [6.07, 6.45) is 4.87. The lowest BCUT2D eigenvalue weighted by Crippen LogP contribution is -2.62. The van der Waals surface area contributed by atoms with Crippen LogP contribution in [0.15, 0.2) is 30.3 Å². The molecule has 2 atom stereocenters. The number of rotatable bonds is 1. The van der Waals surface area contributed by atoms with E-state index in [1.54, 1.807) is 11.0 Å². The van der Waals surface area contributed by atoms with Crippen LogP contribution in [-0.4, -0.2) is 34.1 Å². The molecule has 3 heterocycles. The van der Waals surface area contributed by atoms with Gasteiger partial charge < -0.3 is 15.3 Å². The number of nitrogens with one attached hydrogen (secondary N) is 1. The molecule has 0 bridgehead atoms. The molecule has 4 rings (SSSR count). The van der Waals surface area contributed by atoms with Crippen molar-refractivity contribution in [3.63, 3.8) is 0 Å². The summed E-state index contributed by atoms with van der Waals surface area (Å²) >= 11 is 0. The molecular weight excluding hydrogens is 304 g/mol. The molecule has 5 heteroatoms. The molecule has 2 amide bonds. The summed E-state index contributed by atoms with van der Waals surface area (Å²) in [6.45, 7) is 2.60. The maximum atomic E-state index is 12.6. The smallest absolute Gasteiger partial charge is 0.249 e. The summed E-state index contributed by atoms with van der Waals surface area (Å²) in [5.74, 6) is -0.172. The number of para-hydroxylation sites is 1. The van der Waals surface area contributed by atoms with Crippen molar-refractivity contribution in [3.8, 4) is 0 Å². The summed E-state index contributed by atoms with van der Waals surface area (Å²) in [6, 6.07) is 7.42. The van der Waals surface area contributed by atoms with Gasteiger partial charge in [-0.15, -0.1) is 0 Å². The molecule has 0 spiro atoms. The van der Waals surface area contributed by atoms with Crippen LogP contribution in [0.5, 0.6) is 0 Å². The van der Waals surface area contributed by atoms with E-state index in [1.807, 2.05) is 31.2 Å². The number of hydrogen-bond donors (Lipinski definition) is 2. The Kier molecular flexibility index (Phi) is 3.32. The van der Waals surface area contributed by atoms with Gasteiger partial charge in [-0.3, -0.25) is 9.59 Å². The minimum atomic E-state index is -1.33. The Labute approximate surface area is 141 Å². The Balaban J connectivity index is 1.99. The van der Waals surface area contributed by atoms with Gasteiger partial charge in [0.05, 0.1) is 0 Å². The summed E-state index contributed by atoms with van der Waals surface area (Å²) < 4.78 is 0. The minimum absolute atomic E-state index is 0.0390. The number of amides is 2. The van der Waals surface area contributed by atoms with Crippen LogP contribution in [0.25, 0.3) is 5.57 Å². The van der Waals surface area contributed by atoms with Crippen molar-refractivity contribution in [2.75, 3.05) is 11.9 Å². The van der Waals surface area contributed by atoms with E-state index in [-0.39, 0.29) is 11.8 Å². The molecule has 3 aliphatic heterocycles. The fourth-order valence-corrected chi connectivity index (χ4v) is 4.76. The average molecular weight is 326 g/mol. The molecule has 0 aliphatic carbocycles. The van der Waals surface area contributed by atoms with Crippen LogP contribution >= 0.6 is 0 Å². The van der Waals surface area contributed by atoms with E-state index < -0.39 is 11.1 Å². The van der Waals surface area contributed by atoms with Gasteiger partial charge in [0.2, 0.25) is 11.8 Å². The summed E-state index contributed by atoms with van der Waals surface area (Å²) in [7, 11) is 0. The zero-order valence-electron chi connectivity index (χ0n) is 13.8. The molecule has 1 saturated heterocycles. The highest BCUT2D eigenvalue weighted by atomic mass is 16.3. The second-order valence-electron chi connectivity index (χ2n) is 7.05. The number of carbonyl (C=O) groups excluding carboxylic acids is 2. The van der Waals surface area contributed by atoms with Gasteiger partial charge in [0.25, 0.3) is 0 Å². The minimum Gasteiger partial charge on any atom is -0.366 e. The molecule has 2 N–H and O–H groups in total. The van der Waals surface area contributed by atoms with E-state index in [1.165, 1.54) is 0 Å². The van der Waals surface area contributed by atoms with Crippen LogP contribution in [0, 0.1) is 5.41 Å². The zero-order chi connectivity index (χ0) is 16.9. The maximum absolute atomic E-state index is 12.6. The van der Waals surface area contributed by atoms with Gasteiger partial charge in [-0.05, 0) is 31.7 Å². The Morgan fingerprint density at radius 2 is 2.04 bits per heavy atom. The van der Waals surface area contributed by atoms with E-state index in [9.17, 15) is 14.7 Å². The predicted molar refractivity (Wildman–Crippen MR) is 90.9 cm³/mol. The van der Waals surface area contributed by atoms with Gasteiger partial charge in [-0.1, -0.05) is 25.1 Å². The third-order valence-electron chi connectivity index (χ3n) is 6.08. The van der Waals surface area contributed by atoms with Crippen LogP contribution in [0.1, 0.15) is 44.6 Å². The van der Waals surface area contributed by atoms with E-state index in [0.717, 1.165) is 24.8 Å². The molecule has 24 heavy (non-hydrogen) atoms. The van der Waals surface area contributed by atoms with Crippen LogP contribution in [0.4, 0.5) is 5.69 Å². The van der Waals surface area contributed by atoms with E-state index in [2.05, 4.69) is 5.32 Å². The third-order valence-corrected chi connectivity index (χ3v) is 6.08. The van der Waals surface area contributed by atoms with Crippen LogP contribution in [-0.2, 0) is 9.59 Å². The molecular formula is C19H22N2O3. The third kappa shape index (κ3) is 1.85. The molecule has 0 radical (unpaired) electrons. The molecule has 126 valence electrons. The van der Waals surface area contributed by atoms with Crippen LogP contribution < -0.4 is 5.32 Å². The van der Waals surface area contributed by atoms with Gasteiger partial charge in [0.1, 0.15) is 0 Å². The second kappa shape index (κ2) is 5.18. The van der Waals surface area contributed by atoms with Crippen molar-refractivity contribution in [2.45, 2.75) is 44.8 Å². The van der Waals surface area contributed by atoms with Gasteiger partial charge in [0, 0.05) is 41.3 Å². The average Bonchev–Trinajstić information content (AvgIpc) is 2.86. The zero-order valence-corrected chi connectivity index (χ0v) is 13.8. The molecule has 1 aromatic rings. The maximum Gasteiger partial charge on any atom is 0.249 e. The standard InChI is InChI=1S/C19H22N2O3/c1-2-18-9-5-11-21-17(23)12-14(19(18,21)24)13-6-3-4-7-15(13)20-16(22)8-10-18/h3-4,6-7,12,24H,2,5,8-11H2,1H3,(H,20,22)/t18-,19+/m1/s1. The fraction of sp³-hybridized carbons (Fsp3) is 0.474. The number of fused-ring (bicyclic) bond motifs is 2. The fourth-order valence-electron chi connectivity index (χ4n) is 4.76. The van der Waals surface area contributed by atoms with Crippen molar-refractivity contribution < 1.29 is 14.7 Å². The first-order chi connectivity index (χ1) is 11.5. The lowest BCUT2D eigenvalue weighted by atomic mass is 9.63. The predicted octanol–water partition coefficient (Wildman–Crippen LogP) is 2.52. The van der Waals surface area contributed by atoms with Gasteiger partial charge in [0.15, 0.2) is 5.72 Å². The second-order valence-corrected chi connectivity index (χ2v) is 7.05. The molecule has 0 unspecified atom stereocenters.